The molecule has 0 amide bonds. The highest BCUT2D eigenvalue weighted by Crippen LogP contribution is 2.32. The van der Waals surface area contributed by atoms with Crippen molar-refractivity contribution in [2.45, 2.75) is 36.6 Å². The standard InChI is InChI=1S/C18H20F3N3O3S/c1-24(16-5-3-4-10-27-16)17-22-14(11-15(23-17)18(19,20)21)12-6-8-13(9-7-12)28(2,25)26/h6-9,11,16H,3-5,10H2,1-2H3. The van der Waals surface area contributed by atoms with Crippen LogP contribution in [-0.4, -0.2) is 44.5 Å². The fraction of sp³-hybridized carbons (Fsp3) is 0.444. The van der Waals surface area contributed by atoms with E-state index in [1.165, 1.54) is 29.2 Å². The Balaban J connectivity index is 2.03. The third-order valence-corrected chi connectivity index (χ3v) is 5.61. The van der Waals surface area contributed by atoms with Gasteiger partial charge in [0.15, 0.2) is 15.5 Å². The monoisotopic (exact) mass is 415 g/mol. The van der Waals surface area contributed by atoms with Crippen LogP contribution in [0, 0.1) is 0 Å². The molecule has 28 heavy (non-hydrogen) atoms. The molecule has 2 heterocycles. The molecule has 0 saturated carbocycles. The van der Waals surface area contributed by atoms with Gasteiger partial charge in [-0.2, -0.15) is 13.2 Å². The van der Waals surface area contributed by atoms with E-state index in [4.69, 9.17) is 4.74 Å². The summed E-state index contributed by atoms with van der Waals surface area (Å²) in [6, 6.07) is 6.40. The molecule has 10 heteroatoms. The van der Waals surface area contributed by atoms with Crippen molar-refractivity contribution in [3.05, 3.63) is 36.0 Å². The van der Waals surface area contributed by atoms with Gasteiger partial charge in [0.1, 0.15) is 6.23 Å². The van der Waals surface area contributed by atoms with Gasteiger partial charge in [0.25, 0.3) is 0 Å². The number of aromatic nitrogens is 2. The van der Waals surface area contributed by atoms with Gasteiger partial charge in [-0.3, -0.25) is 0 Å². The first-order valence-electron chi connectivity index (χ1n) is 8.67. The van der Waals surface area contributed by atoms with Gasteiger partial charge in [0.2, 0.25) is 5.95 Å². The van der Waals surface area contributed by atoms with Gasteiger partial charge < -0.3 is 9.64 Å². The molecule has 1 saturated heterocycles. The number of alkyl halides is 3. The smallest absolute Gasteiger partial charge is 0.358 e. The van der Waals surface area contributed by atoms with E-state index < -0.39 is 27.9 Å². The van der Waals surface area contributed by atoms with Crippen molar-refractivity contribution in [1.82, 2.24) is 9.97 Å². The van der Waals surface area contributed by atoms with Crippen molar-refractivity contribution >= 4 is 15.8 Å². The van der Waals surface area contributed by atoms with Crippen LogP contribution in [0.25, 0.3) is 11.3 Å². The minimum atomic E-state index is -4.65. The van der Waals surface area contributed by atoms with Crippen LogP contribution in [0.2, 0.25) is 0 Å². The lowest BCUT2D eigenvalue weighted by atomic mass is 10.1. The van der Waals surface area contributed by atoms with E-state index in [1.807, 2.05) is 0 Å². The molecule has 1 aromatic carbocycles. The van der Waals surface area contributed by atoms with E-state index in [-0.39, 0.29) is 16.5 Å². The Morgan fingerprint density at radius 3 is 2.36 bits per heavy atom. The van der Waals surface area contributed by atoms with Gasteiger partial charge in [-0.15, -0.1) is 0 Å². The summed E-state index contributed by atoms with van der Waals surface area (Å²) < 4.78 is 68.9. The molecule has 1 fully saturated rings. The molecule has 3 rings (SSSR count). The van der Waals surface area contributed by atoms with E-state index in [9.17, 15) is 21.6 Å². The molecule has 1 aromatic heterocycles. The van der Waals surface area contributed by atoms with Crippen LogP contribution in [0.5, 0.6) is 0 Å². The Labute approximate surface area is 161 Å². The third-order valence-electron chi connectivity index (χ3n) is 4.49. The average molecular weight is 415 g/mol. The Morgan fingerprint density at radius 2 is 1.82 bits per heavy atom. The Bertz CT molecular complexity index is 941. The number of anilines is 1. The summed E-state index contributed by atoms with van der Waals surface area (Å²) in [7, 11) is -1.81. The van der Waals surface area contributed by atoms with Gasteiger partial charge in [-0.25, -0.2) is 18.4 Å². The average Bonchev–Trinajstić information content (AvgIpc) is 2.66. The van der Waals surface area contributed by atoms with Crippen LogP contribution < -0.4 is 4.90 Å². The SMILES string of the molecule is CN(c1nc(-c2ccc(S(C)(=O)=O)cc2)cc(C(F)(F)F)n1)C1CCCCO1. The predicted molar refractivity (Wildman–Crippen MR) is 97.6 cm³/mol. The van der Waals surface area contributed by atoms with Gasteiger partial charge in [-0.05, 0) is 37.5 Å². The van der Waals surface area contributed by atoms with Crippen molar-refractivity contribution in [3.8, 4) is 11.3 Å². The number of rotatable bonds is 4. The fourth-order valence-corrected chi connectivity index (χ4v) is 3.55. The third kappa shape index (κ3) is 4.61. The first kappa shape index (κ1) is 20.5. The minimum Gasteiger partial charge on any atom is -0.358 e. The Kier molecular flexibility index (Phi) is 5.62. The number of nitrogens with zero attached hydrogens (tertiary/aromatic N) is 3. The van der Waals surface area contributed by atoms with E-state index >= 15 is 0 Å². The fourth-order valence-electron chi connectivity index (χ4n) is 2.92. The zero-order chi connectivity index (χ0) is 20.5. The zero-order valence-electron chi connectivity index (χ0n) is 15.4. The van der Waals surface area contributed by atoms with Gasteiger partial charge >= 0.3 is 6.18 Å². The molecular weight excluding hydrogens is 395 g/mol. The van der Waals surface area contributed by atoms with Crippen LogP contribution >= 0.6 is 0 Å². The predicted octanol–water partition coefficient (Wildman–Crippen LogP) is 3.53. The van der Waals surface area contributed by atoms with Crippen molar-refractivity contribution in [3.63, 3.8) is 0 Å². The number of benzene rings is 1. The second-order valence-electron chi connectivity index (χ2n) is 6.66. The molecule has 1 atom stereocenters. The summed E-state index contributed by atoms with van der Waals surface area (Å²) in [5, 5.41) is 0. The highest BCUT2D eigenvalue weighted by Gasteiger charge is 2.35. The van der Waals surface area contributed by atoms with E-state index in [1.54, 1.807) is 7.05 Å². The van der Waals surface area contributed by atoms with E-state index in [0.717, 1.165) is 25.2 Å². The highest BCUT2D eigenvalue weighted by atomic mass is 32.2. The maximum Gasteiger partial charge on any atom is 0.433 e. The topological polar surface area (TPSA) is 72.4 Å². The molecule has 1 unspecified atom stereocenters. The summed E-state index contributed by atoms with van der Waals surface area (Å²) in [5.41, 5.74) is -0.651. The molecule has 1 aliphatic heterocycles. The van der Waals surface area contributed by atoms with E-state index in [2.05, 4.69) is 9.97 Å². The Hall–Kier alpha value is -2.20. The molecule has 0 aliphatic carbocycles. The quantitative estimate of drug-likeness (QED) is 0.761. The normalized spacial score (nSPS) is 18.1. The zero-order valence-corrected chi connectivity index (χ0v) is 16.2. The molecule has 1 aliphatic rings. The summed E-state index contributed by atoms with van der Waals surface area (Å²) in [5.74, 6) is -0.0936. The summed E-state index contributed by atoms with van der Waals surface area (Å²) >= 11 is 0. The highest BCUT2D eigenvalue weighted by molar-refractivity contribution is 7.90. The maximum absolute atomic E-state index is 13.4. The van der Waals surface area contributed by atoms with Crippen LogP contribution in [0.15, 0.2) is 35.2 Å². The number of ether oxygens (including phenoxy) is 1. The van der Waals surface area contributed by atoms with Crippen molar-refractivity contribution in [2.75, 3.05) is 24.8 Å². The number of halogens is 3. The van der Waals surface area contributed by atoms with Crippen LogP contribution in [0.4, 0.5) is 19.1 Å². The van der Waals surface area contributed by atoms with Gasteiger partial charge in [0, 0.05) is 25.5 Å². The second-order valence-corrected chi connectivity index (χ2v) is 8.68. The van der Waals surface area contributed by atoms with Crippen molar-refractivity contribution < 1.29 is 26.3 Å². The lowest BCUT2D eigenvalue weighted by Gasteiger charge is -2.31. The molecule has 2 aromatic rings. The molecule has 0 N–H and O–H groups in total. The molecule has 152 valence electrons. The van der Waals surface area contributed by atoms with Crippen molar-refractivity contribution in [1.29, 1.82) is 0 Å². The van der Waals surface area contributed by atoms with E-state index in [0.29, 0.717) is 18.6 Å². The first-order chi connectivity index (χ1) is 13.1. The molecule has 0 radical (unpaired) electrons. The summed E-state index contributed by atoms with van der Waals surface area (Å²) in [6.45, 7) is 0.535. The van der Waals surface area contributed by atoms with Gasteiger partial charge in [-0.1, -0.05) is 12.1 Å². The lowest BCUT2D eigenvalue weighted by molar-refractivity contribution is -0.141. The van der Waals surface area contributed by atoms with Crippen LogP contribution in [0.3, 0.4) is 0 Å². The lowest BCUT2D eigenvalue weighted by Crippen LogP contribution is -2.38. The molecule has 0 bridgehead atoms. The second kappa shape index (κ2) is 7.67. The summed E-state index contributed by atoms with van der Waals surface area (Å²) in [6.07, 6.45) is -1.48. The first-order valence-corrected chi connectivity index (χ1v) is 10.6. The Morgan fingerprint density at radius 1 is 1.14 bits per heavy atom. The number of hydrogen-bond acceptors (Lipinski definition) is 6. The van der Waals surface area contributed by atoms with Crippen molar-refractivity contribution in [2.24, 2.45) is 0 Å². The number of hydrogen-bond donors (Lipinski definition) is 0. The molecule has 6 nitrogen and oxygen atoms in total. The number of sulfone groups is 1. The summed E-state index contributed by atoms with van der Waals surface area (Å²) in [4.78, 5) is 9.53. The minimum absolute atomic E-state index is 0.0556. The van der Waals surface area contributed by atoms with Gasteiger partial charge in [0.05, 0.1) is 10.6 Å². The van der Waals surface area contributed by atoms with Crippen LogP contribution in [0.1, 0.15) is 25.0 Å². The van der Waals surface area contributed by atoms with Crippen LogP contribution in [-0.2, 0) is 20.8 Å². The largest absolute Gasteiger partial charge is 0.433 e. The molecular formula is C18H20F3N3O3S. The maximum atomic E-state index is 13.4. The molecule has 0 spiro atoms.